The molecule has 0 spiro atoms. The number of hydrogen-bond donors (Lipinski definition) is 0. The summed E-state index contributed by atoms with van der Waals surface area (Å²) in [5.74, 6) is 1.10. The number of imidazole rings is 1. The Hall–Kier alpha value is -2.40. The van der Waals surface area contributed by atoms with Gasteiger partial charge in [-0.15, -0.1) is 0 Å². The summed E-state index contributed by atoms with van der Waals surface area (Å²) in [6.45, 7) is 5.80. The van der Waals surface area contributed by atoms with Gasteiger partial charge in [0.2, 0.25) is 0 Å². The quantitative estimate of drug-likeness (QED) is 0.432. The molecule has 154 valence electrons. The van der Waals surface area contributed by atoms with Crippen molar-refractivity contribution in [2.75, 3.05) is 32.8 Å². The third kappa shape index (κ3) is 4.08. The molecule has 5 heteroatoms. The molecular formula is C25H26ClN3O. The molecule has 5 rings (SSSR count). The number of rotatable bonds is 6. The summed E-state index contributed by atoms with van der Waals surface area (Å²) in [7, 11) is 0. The zero-order chi connectivity index (χ0) is 20.3. The van der Waals surface area contributed by atoms with Gasteiger partial charge in [-0.2, -0.15) is 0 Å². The van der Waals surface area contributed by atoms with Crippen LogP contribution in [0.2, 0.25) is 5.02 Å². The lowest BCUT2D eigenvalue weighted by molar-refractivity contribution is 0.0369. The molecule has 0 bridgehead atoms. The predicted octanol–water partition coefficient (Wildman–Crippen LogP) is 5.16. The van der Waals surface area contributed by atoms with Crippen LogP contribution in [-0.4, -0.2) is 47.3 Å². The molecule has 0 radical (unpaired) electrons. The largest absolute Gasteiger partial charge is 0.379 e. The van der Waals surface area contributed by atoms with Crippen molar-refractivity contribution >= 4 is 33.4 Å². The summed E-state index contributed by atoms with van der Waals surface area (Å²) in [5, 5.41) is 3.30. The highest BCUT2D eigenvalue weighted by Gasteiger charge is 2.15. The molecule has 0 unspecified atom stereocenters. The molecule has 1 fully saturated rings. The van der Waals surface area contributed by atoms with Crippen LogP contribution in [0.25, 0.3) is 21.8 Å². The highest BCUT2D eigenvalue weighted by atomic mass is 35.5. The molecule has 1 aliphatic heterocycles. The average Bonchev–Trinajstić information content (AvgIpc) is 3.11. The number of morpholine rings is 1. The van der Waals surface area contributed by atoms with Crippen molar-refractivity contribution < 1.29 is 4.74 Å². The Balaban J connectivity index is 1.45. The van der Waals surface area contributed by atoms with Gasteiger partial charge in [-0.05, 0) is 41.0 Å². The zero-order valence-electron chi connectivity index (χ0n) is 17.1. The second-order valence-corrected chi connectivity index (χ2v) is 8.37. The topological polar surface area (TPSA) is 30.3 Å². The maximum Gasteiger partial charge on any atom is 0.114 e. The number of benzene rings is 3. The maximum atomic E-state index is 6.26. The van der Waals surface area contributed by atoms with Gasteiger partial charge in [0.15, 0.2) is 0 Å². The first-order chi connectivity index (χ1) is 14.8. The van der Waals surface area contributed by atoms with Crippen molar-refractivity contribution in [1.29, 1.82) is 0 Å². The van der Waals surface area contributed by atoms with E-state index in [1.54, 1.807) is 0 Å². The van der Waals surface area contributed by atoms with E-state index < -0.39 is 0 Å². The molecule has 0 saturated carbocycles. The second-order valence-electron chi connectivity index (χ2n) is 7.94. The number of nitrogens with zero attached hydrogens (tertiary/aromatic N) is 3. The third-order valence-corrected chi connectivity index (χ3v) is 6.21. The van der Waals surface area contributed by atoms with Gasteiger partial charge < -0.3 is 9.30 Å². The van der Waals surface area contributed by atoms with Crippen molar-refractivity contribution in [3.63, 3.8) is 0 Å². The first-order valence-corrected chi connectivity index (χ1v) is 11.1. The van der Waals surface area contributed by atoms with E-state index in [1.807, 2.05) is 12.1 Å². The summed E-state index contributed by atoms with van der Waals surface area (Å²) >= 11 is 6.26. The molecule has 1 aromatic heterocycles. The maximum absolute atomic E-state index is 6.26. The first kappa shape index (κ1) is 19.6. The smallest absolute Gasteiger partial charge is 0.114 e. The molecule has 4 nitrogen and oxygen atoms in total. The van der Waals surface area contributed by atoms with Crippen LogP contribution in [-0.2, 0) is 17.7 Å². The van der Waals surface area contributed by atoms with Gasteiger partial charge >= 0.3 is 0 Å². The van der Waals surface area contributed by atoms with Gasteiger partial charge in [-0.3, -0.25) is 4.90 Å². The van der Waals surface area contributed by atoms with Gasteiger partial charge in [0, 0.05) is 37.6 Å². The molecule has 0 N–H and O–H groups in total. The lowest BCUT2D eigenvalue weighted by atomic mass is 10.0. The number of fused-ring (bicyclic) bond motifs is 2. The van der Waals surface area contributed by atoms with Crippen LogP contribution in [0.4, 0.5) is 0 Å². The zero-order valence-corrected chi connectivity index (χ0v) is 17.8. The number of ether oxygens (including phenoxy) is 1. The molecule has 30 heavy (non-hydrogen) atoms. The van der Waals surface area contributed by atoms with Crippen molar-refractivity contribution in [2.45, 2.75) is 19.4 Å². The van der Waals surface area contributed by atoms with Crippen LogP contribution < -0.4 is 0 Å². The highest BCUT2D eigenvalue weighted by Crippen LogP contribution is 2.25. The summed E-state index contributed by atoms with van der Waals surface area (Å²) in [6, 6.07) is 21.1. The van der Waals surface area contributed by atoms with Gasteiger partial charge in [-0.1, -0.05) is 54.1 Å². The summed E-state index contributed by atoms with van der Waals surface area (Å²) in [5.41, 5.74) is 3.45. The van der Waals surface area contributed by atoms with E-state index in [9.17, 15) is 0 Å². The Morgan fingerprint density at radius 3 is 2.67 bits per heavy atom. The minimum absolute atomic E-state index is 0.733. The highest BCUT2D eigenvalue weighted by molar-refractivity contribution is 6.31. The standard InChI is InChI=1S/C25H26ClN3O/c26-21-9-10-24-23(18-21)27-25(29(24)12-4-11-28-13-15-30-16-14-28)17-20-7-3-6-19-5-1-2-8-22(19)20/h1-3,5-10,18H,4,11-17H2. The normalized spacial score (nSPS) is 15.2. The lowest BCUT2D eigenvalue weighted by Gasteiger charge is -2.26. The average molecular weight is 420 g/mol. The molecule has 1 saturated heterocycles. The van der Waals surface area contributed by atoms with E-state index in [-0.39, 0.29) is 0 Å². The summed E-state index contributed by atoms with van der Waals surface area (Å²) < 4.78 is 7.85. The second kappa shape index (κ2) is 8.76. The number of aromatic nitrogens is 2. The fraction of sp³-hybridized carbons (Fsp3) is 0.320. The molecule has 0 aliphatic carbocycles. The fourth-order valence-corrected chi connectivity index (χ4v) is 4.60. The van der Waals surface area contributed by atoms with Gasteiger partial charge in [0.25, 0.3) is 0 Å². The van der Waals surface area contributed by atoms with Crippen molar-refractivity contribution in [1.82, 2.24) is 14.5 Å². The molecule has 3 aromatic carbocycles. The SMILES string of the molecule is Clc1ccc2c(c1)nc(Cc1cccc3ccccc13)n2CCCN1CCOCC1. The van der Waals surface area contributed by atoms with Crippen LogP contribution in [0.5, 0.6) is 0 Å². The van der Waals surface area contributed by atoms with Crippen molar-refractivity contribution in [3.8, 4) is 0 Å². The van der Waals surface area contributed by atoms with E-state index in [1.165, 1.54) is 16.3 Å². The third-order valence-electron chi connectivity index (χ3n) is 5.98. The fourth-order valence-electron chi connectivity index (χ4n) is 4.43. The van der Waals surface area contributed by atoms with E-state index in [0.717, 1.165) is 74.1 Å². The van der Waals surface area contributed by atoms with Gasteiger partial charge in [-0.25, -0.2) is 4.98 Å². The Morgan fingerprint density at radius 2 is 1.77 bits per heavy atom. The monoisotopic (exact) mass is 419 g/mol. The molecule has 4 aromatic rings. The molecule has 0 atom stereocenters. The first-order valence-electron chi connectivity index (χ1n) is 10.7. The van der Waals surface area contributed by atoms with Crippen LogP contribution in [0.15, 0.2) is 60.7 Å². The van der Waals surface area contributed by atoms with E-state index in [0.29, 0.717) is 0 Å². The molecular weight excluding hydrogens is 394 g/mol. The van der Waals surface area contributed by atoms with E-state index >= 15 is 0 Å². The Bertz CT molecular complexity index is 1160. The number of aryl methyl sites for hydroxylation is 1. The summed E-state index contributed by atoms with van der Waals surface area (Å²) in [6.07, 6.45) is 1.90. The predicted molar refractivity (Wildman–Crippen MR) is 123 cm³/mol. The van der Waals surface area contributed by atoms with Crippen LogP contribution >= 0.6 is 11.6 Å². The Labute approximate surface area is 182 Å². The Kier molecular flexibility index (Phi) is 5.71. The van der Waals surface area contributed by atoms with Crippen LogP contribution in [0, 0.1) is 0 Å². The number of hydrogen-bond acceptors (Lipinski definition) is 3. The minimum atomic E-state index is 0.733. The molecule has 0 amide bonds. The lowest BCUT2D eigenvalue weighted by Crippen LogP contribution is -2.37. The number of halogens is 1. The Morgan fingerprint density at radius 1 is 0.933 bits per heavy atom. The van der Waals surface area contributed by atoms with E-state index in [2.05, 4.69) is 58.0 Å². The van der Waals surface area contributed by atoms with Gasteiger partial charge in [0.1, 0.15) is 5.82 Å². The van der Waals surface area contributed by atoms with Crippen molar-refractivity contribution in [3.05, 3.63) is 77.1 Å². The van der Waals surface area contributed by atoms with E-state index in [4.69, 9.17) is 21.3 Å². The summed E-state index contributed by atoms with van der Waals surface area (Å²) in [4.78, 5) is 7.48. The minimum Gasteiger partial charge on any atom is -0.379 e. The van der Waals surface area contributed by atoms with Crippen molar-refractivity contribution in [2.24, 2.45) is 0 Å². The van der Waals surface area contributed by atoms with Crippen LogP contribution in [0.3, 0.4) is 0 Å². The molecule has 2 heterocycles. The van der Waals surface area contributed by atoms with Gasteiger partial charge in [0.05, 0.1) is 24.2 Å². The molecule has 1 aliphatic rings. The van der Waals surface area contributed by atoms with Crippen LogP contribution in [0.1, 0.15) is 17.8 Å².